The van der Waals surface area contributed by atoms with Crippen LogP contribution in [0.25, 0.3) is 33.2 Å². The Bertz CT molecular complexity index is 2770. The van der Waals surface area contributed by atoms with Crippen LogP contribution < -0.4 is 24.3 Å². The molecule has 0 aliphatic carbocycles. The topological polar surface area (TPSA) is 133 Å². The van der Waals surface area contributed by atoms with Gasteiger partial charge in [-0.2, -0.15) is 0 Å². The first-order valence-corrected chi connectivity index (χ1v) is 20.0. The molecule has 12 nitrogen and oxygen atoms in total. The second kappa shape index (κ2) is 15.4. The van der Waals surface area contributed by atoms with Crippen molar-refractivity contribution in [2.75, 3.05) is 39.3 Å². The van der Waals surface area contributed by atoms with Gasteiger partial charge in [0.05, 0.1) is 54.0 Å². The fraction of sp³-hybridized carbons (Fsp3) is 0.208. The van der Waals surface area contributed by atoms with Crippen molar-refractivity contribution in [3.63, 3.8) is 0 Å². The van der Waals surface area contributed by atoms with Gasteiger partial charge in [0.1, 0.15) is 5.75 Å². The number of fused-ring (bicyclic) bond motifs is 4. The molecule has 0 saturated carbocycles. The number of amides is 4. The molecule has 1 N–H and O–H groups in total. The number of ether oxygens (including phenoxy) is 1. The zero-order valence-corrected chi connectivity index (χ0v) is 33.7. The molecule has 60 heavy (non-hydrogen) atoms. The SMILES string of the molecule is CC(=O)N1c2ccc(-c3ccc4[nH]ccc4c3)cc2N(C(=O)c2ccco2)C[C@@H]1C.CC(=O)N1c2ccc(-c3cccc4c3OCC4)cc2N(C(=O)c2ccco2)C[C@@H]1C. The Hall–Kier alpha value is -7.34. The number of aromatic nitrogens is 1. The zero-order chi connectivity index (χ0) is 41.7. The van der Waals surface area contributed by atoms with Crippen LogP contribution in [-0.4, -0.2) is 60.4 Å². The van der Waals surface area contributed by atoms with E-state index >= 15 is 0 Å². The quantitative estimate of drug-likeness (QED) is 0.188. The van der Waals surface area contributed by atoms with Crippen LogP contribution in [0.2, 0.25) is 0 Å². The normalized spacial score (nSPS) is 16.7. The average molecular weight is 802 g/mol. The molecule has 3 aromatic heterocycles. The average Bonchev–Trinajstić information content (AvgIpc) is 4.10. The van der Waals surface area contributed by atoms with E-state index in [-0.39, 0.29) is 47.2 Å². The first-order chi connectivity index (χ1) is 29.1. The van der Waals surface area contributed by atoms with E-state index in [9.17, 15) is 19.2 Å². The van der Waals surface area contributed by atoms with Gasteiger partial charge >= 0.3 is 0 Å². The number of furan rings is 2. The number of carbonyl (C=O) groups is 4. The third-order valence-corrected chi connectivity index (χ3v) is 11.4. The lowest BCUT2D eigenvalue weighted by Crippen LogP contribution is -2.51. The molecule has 0 saturated heterocycles. The Kier molecular flexibility index (Phi) is 9.83. The molecule has 3 aliphatic heterocycles. The van der Waals surface area contributed by atoms with Gasteiger partial charge in [-0.3, -0.25) is 19.2 Å². The van der Waals surface area contributed by atoms with E-state index in [2.05, 4.69) is 17.1 Å². The summed E-state index contributed by atoms with van der Waals surface area (Å²) >= 11 is 0. The van der Waals surface area contributed by atoms with Crippen molar-refractivity contribution < 1.29 is 32.7 Å². The van der Waals surface area contributed by atoms with Crippen molar-refractivity contribution in [1.82, 2.24) is 4.98 Å². The van der Waals surface area contributed by atoms with Crippen molar-refractivity contribution in [2.24, 2.45) is 0 Å². The standard InChI is InChI=1S/C24H21N3O3.C24H22N2O4/c1-15-14-26(24(29)23-4-3-11-30-23)22-13-18(6-8-21(22)27(15)16(2)28)17-5-7-20-19(12-17)9-10-25-20;1-15-14-25(24(28)22-7-4-11-29-22)21-13-18(8-9-20(21)26(15)16(2)27)19-6-3-5-17-10-12-30-23(17)19/h3-13,15,25H,14H2,1-2H3;3-9,11,13,15H,10,12,14H2,1-2H3/t2*15-/m00/s1. The van der Waals surface area contributed by atoms with E-state index in [0.717, 1.165) is 56.7 Å². The number of aromatic amines is 1. The minimum absolute atomic E-state index is 0.0460. The first-order valence-electron chi connectivity index (χ1n) is 20.0. The number of carbonyl (C=O) groups excluding carboxylic acids is 4. The minimum Gasteiger partial charge on any atom is -0.492 e. The third kappa shape index (κ3) is 6.79. The lowest BCUT2D eigenvalue weighted by Gasteiger charge is -2.40. The molecular weight excluding hydrogens is 759 g/mol. The fourth-order valence-electron chi connectivity index (χ4n) is 8.68. The highest BCUT2D eigenvalue weighted by Gasteiger charge is 2.37. The molecule has 4 aromatic carbocycles. The molecule has 12 heteroatoms. The van der Waals surface area contributed by atoms with E-state index < -0.39 is 0 Å². The van der Waals surface area contributed by atoms with Gasteiger partial charge in [0, 0.05) is 50.6 Å². The summed E-state index contributed by atoms with van der Waals surface area (Å²) < 4.78 is 16.6. The van der Waals surface area contributed by atoms with Crippen LogP contribution in [0.15, 0.2) is 131 Å². The van der Waals surface area contributed by atoms with Crippen LogP contribution in [0.5, 0.6) is 5.75 Å². The Morgan fingerprint density at radius 2 is 1.18 bits per heavy atom. The highest BCUT2D eigenvalue weighted by molar-refractivity contribution is 6.11. The predicted molar refractivity (Wildman–Crippen MR) is 231 cm³/mol. The molecule has 0 spiro atoms. The van der Waals surface area contributed by atoms with E-state index in [1.807, 2.05) is 86.8 Å². The largest absolute Gasteiger partial charge is 0.492 e. The third-order valence-electron chi connectivity index (χ3n) is 11.4. The van der Waals surface area contributed by atoms with Gasteiger partial charge in [0.15, 0.2) is 11.5 Å². The maximum absolute atomic E-state index is 13.2. The van der Waals surface area contributed by atoms with Gasteiger partial charge in [-0.05, 0) is 108 Å². The van der Waals surface area contributed by atoms with Gasteiger partial charge in [-0.25, -0.2) is 0 Å². The number of rotatable bonds is 4. The highest BCUT2D eigenvalue weighted by atomic mass is 16.5. The predicted octanol–water partition coefficient (Wildman–Crippen LogP) is 9.11. The van der Waals surface area contributed by atoms with Crippen LogP contribution in [0.3, 0.4) is 0 Å². The van der Waals surface area contributed by atoms with Crippen molar-refractivity contribution >= 4 is 57.3 Å². The number of benzene rings is 4. The fourth-order valence-corrected chi connectivity index (χ4v) is 8.68. The molecule has 4 amide bonds. The lowest BCUT2D eigenvalue weighted by atomic mass is 9.98. The summed E-state index contributed by atoms with van der Waals surface area (Å²) in [4.78, 5) is 61.2. The van der Waals surface area contributed by atoms with Crippen molar-refractivity contribution in [3.8, 4) is 28.0 Å². The Morgan fingerprint density at radius 3 is 1.77 bits per heavy atom. The summed E-state index contributed by atoms with van der Waals surface area (Å²) in [5.41, 5.74) is 9.07. The molecule has 0 unspecified atom stereocenters. The molecule has 0 radical (unpaired) electrons. The van der Waals surface area contributed by atoms with Crippen LogP contribution in [0.1, 0.15) is 54.4 Å². The second-order valence-corrected chi connectivity index (χ2v) is 15.3. The number of H-pyrrole nitrogens is 1. The van der Waals surface area contributed by atoms with Crippen LogP contribution in [-0.2, 0) is 16.0 Å². The molecule has 0 bridgehead atoms. The van der Waals surface area contributed by atoms with Gasteiger partial charge in [-0.1, -0.05) is 36.4 Å². The summed E-state index contributed by atoms with van der Waals surface area (Å²) in [5, 5.41) is 1.12. The smallest absolute Gasteiger partial charge is 0.294 e. The summed E-state index contributed by atoms with van der Waals surface area (Å²) in [7, 11) is 0. The maximum atomic E-state index is 13.2. The monoisotopic (exact) mass is 801 g/mol. The lowest BCUT2D eigenvalue weighted by molar-refractivity contribution is -0.117. The van der Waals surface area contributed by atoms with Gasteiger partial charge in [0.2, 0.25) is 11.8 Å². The van der Waals surface area contributed by atoms with Crippen LogP contribution in [0.4, 0.5) is 22.7 Å². The minimum atomic E-state index is -0.219. The van der Waals surface area contributed by atoms with E-state index in [4.69, 9.17) is 13.6 Å². The van der Waals surface area contributed by atoms with Gasteiger partial charge in [-0.15, -0.1) is 0 Å². The molecule has 2 atom stereocenters. The number of hydrogen-bond donors (Lipinski definition) is 1. The maximum Gasteiger partial charge on any atom is 0.294 e. The van der Waals surface area contributed by atoms with E-state index in [1.165, 1.54) is 18.1 Å². The molecule has 3 aliphatic rings. The molecule has 10 rings (SSSR count). The summed E-state index contributed by atoms with van der Waals surface area (Å²) in [6.45, 7) is 8.45. The zero-order valence-electron chi connectivity index (χ0n) is 33.7. The van der Waals surface area contributed by atoms with Crippen LogP contribution >= 0.6 is 0 Å². The molecule has 6 heterocycles. The summed E-state index contributed by atoms with van der Waals surface area (Å²) in [6, 6.07) is 32.6. The summed E-state index contributed by atoms with van der Waals surface area (Å²) in [5.74, 6) is 0.926. The Labute approximate surface area is 346 Å². The first kappa shape index (κ1) is 38.2. The molecular formula is C48H43N5O7. The highest BCUT2D eigenvalue weighted by Crippen LogP contribution is 2.44. The second-order valence-electron chi connectivity index (χ2n) is 15.3. The number of para-hydroxylation sites is 1. The van der Waals surface area contributed by atoms with Crippen LogP contribution in [0, 0.1) is 0 Å². The van der Waals surface area contributed by atoms with E-state index in [0.29, 0.717) is 31.1 Å². The van der Waals surface area contributed by atoms with Gasteiger partial charge < -0.3 is 38.2 Å². The number of nitrogens with zero attached hydrogens (tertiary/aromatic N) is 4. The number of anilines is 4. The van der Waals surface area contributed by atoms with Crippen molar-refractivity contribution in [1.29, 1.82) is 0 Å². The molecule has 7 aromatic rings. The van der Waals surface area contributed by atoms with Crippen molar-refractivity contribution in [2.45, 2.75) is 46.2 Å². The van der Waals surface area contributed by atoms with Crippen molar-refractivity contribution in [3.05, 3.63) is 139 Å². The molecule has 302 valence electrons. The van der Waals surface area contributed by atoms with Gasteiger partial charge in [0.25, 0.3) is 11.8 Å². The number of hydrogen-bond acceptors (Lipinski definition) is 7. The Morgan fingerprint density at radius 1 is 0.617 bits per heavy atom. The molecule has 0 fully saturated rings. The Balaban J connectivity index is 0.000000154. The number of nitrogens with one attached hydrogen (secondary N) is 1. The van der Waals surface area contributed by atoms with E-state index in [1.54, 1.807) is 57.7 Å². The summed E-state index contributed by atoms with van der Waals surface area (Å²) in [6.07, 6.45) is 5.79.